The van der Waals surface area contributed by atoms with Crippen LogP contribution in [0.15, 0.2) is 0 Å². The Bertz CT molecular complexity index is 93.8. The molecule has 0 aromatic heterocycles. The van der Waals surface area contributed by atoms with Gasteiger partial charge in [0.05, 0.1) is 6.10 Å². The van der Waals surface area contributed by atoms with Gasteiger partial charge in [0.2, 0.25) is 0 Å². The minimum Gasteiger partial charge on any atom is -0.392 e. The van der Waals surface area contributed by atoms with Crippen molar-refractivity contribution in [3.8, 4) is 0 Å². The predicted octanol–water partition coefficient (Wildman–Crippen LogP) is 0.623. The molecule has 1 fully saturated rings. The van der Waals surface area contributed by atoms with Crippen molar-refractivity contribution in [1.29, 1.82) is 0 Å². The van der Waals surface area contributed by atoms with Crippen molar-refractivity contribution >= 4 is 24.2 Å². The maximum absolute atomic E-state index is 9.27. The van der Waals surface area contributed by atoms with E-state index in [9.17, 15) is 5.11 Å². The summed E-state index contributed by atoms with van der Waals surface area (Å²) in [7, 11) is 0. The largest absolute Gasteiger partial charge is 0.392 e. The van der Waals surface area contributed by atoms with Crippen molar-refractivity contribution in [3.63, 3.8) is 0 Å². The molecule has 1 aliphatic heterocycles. The van der Waals surface area contributed by atoms with Crippen molar-refractivity contribution < 1.29 is 5.11 Å². The van der Waals surface area contributed by atoms with Crippen LogP contribution in [-0.2, 0) is 0 Å². The summed E-state index contributed by atoms with van der Waals surface area (Å²) < 4.78 is 0. The topological polar surface area (TPSA) is 46.2 Å². The van der Waals surface area contributed by atoms with Gasteiger partial charge in [-0.05, 0) is 18.6 Å². The molecule has 2 nitrogen and oxygen atoms in total. The second-order valence-electron chi connectivity index (χ2n) is 2.35. The van der Waals surface area contributed by atoms with Gasteiger partial charge in [-0.2, -0.15) is 11.8 Å². The summed E-state index contributed by atoms with van der Waals surface area (Å²) in [6.45, 7) is 0.617. The van der Waals surface area contributed by atoms with Crippen molar-refractivity contribution in [2.75, 3.05) is 12.3 Å². The first kappa shape index (κ1) is 10.6. The Labute approximate surface area is 72.0 Å². The molecule has 1 saturated heterocycles. The van der Waals surface area contributed by atoms with Crippen molar-refractivity contribution in [3.05, 3.63) is 0 Å². The first-order chi connectivity index (χ1) is 4.34. The van der Waals surface area contributed by atoms with Gasteiger partial charge in [0.15, 0.2) is 0 Å². The molecule has 0 aromatic rings. The molecule has 1 heterocycles. The highest BCUT2D eigenvalue weighted by Crippen LogP contribution is 2.24. The van der Waals surface area contributed by atoms with Crippen LogP contribution in [0.1, 0.15) is 12.8 Å². The standard InChI is InChI=1S/C6H13NOS.ClH/c7-4-6-5(8)2-1-3-9-6;/h5-6,8H,1-4,7H2;1H. The molecule has 10 heavy (non-hydrogen) atoms. The van der Waals surface area contributed by atoms with Crippen molar-refractivity contribution in [1.82, 2.24) is 0 Å². The summed E-state index contributed by atoms with van der Waals surface area (Å²) in [5.74, 6) is 1.17. The lowest BCUT2D eigenvalue weighted by Crippen LogP contribution is -2.33. The van der Waals surface area contributed by atoms with E-state index in [4.69, 9.17) is 5.73 Å². The van der Waals surface area contributed by atoms with Gasteiger partial charge in [0.1, 0.15) is 0 Å². The Kier molecular flexibility index (Phi) is 5.54. The fourth-order valence-corrected chi connectivity index (χ4v) is 2.18. The van der Waals surface area contributed by atoms with Crippen molar-refractivity contribution in [2.24, 2.45) is 5.73 Å². The molecule has 0 radical (unpaired) electrons. The molecule has 62 valence electrons. The maximum atomic E-state index is 9.27. The number of nitrogens with two attached hydrogens (primary N) is 1. The Hall–Kier alpha value is 0.560. The third-order valence-corrected chi connectivity index (χ3v) is 3.10. The van der Waals surface area contributed by atoms with E-state index in [0.717, 1.165) is 12.8 Å². The average molecular weight is 184 g/mol. The zero-order valence-corrected chi connectivity index (χ0v) is 7.46. The van der Waals surface area contributed by atoms with E-state index < -0.39 is 0 Å². The quantitative estimate of drug-likeness (QED) is 0.627. The smallest absolute Gasteiger partial charge is 0.0671 e. The molecular weight excluding hydrogens is 170 g/mol. The predicted molar refractivity (Wildman–Crippen MR) is 47.8 cm³/mol. The van der Waals surface area contributed by atoms with Gasteiger partial charge in [-0.1, -0.05) is 0 Å². The SMILES string of the molecule is Cl.NCC1SCCCC1O. The Morgan fingerprint density at radius 3 is 2.70 bits per heavy atom. The zero-order valence-electron chi connectivity index (χ0n) is 5.82. The number of aliphatic hydroxyl groups excluding tert-OH is 1. The first-order valence-electron chi connectivity index (χ1n) is 3.34. The molecule has 0 aliphatic carbocycles. The maximum Gasteiger partial charge on any atom is 0.0671 e. The summed E-state index contributed by atoms with van der Waals surface area (Å²) in [5, 5.41) is 9.57. The minimum atomic E-state index is -0.145. The number of halogens is 1. The van der Waals surface area contributed by atoms with Gasteiger partial charge in [0, 0.05) is 11.8 Å². The molecule has 3 N–H and O–H groups in total. The van der Waals surface area contributed by atoms with Crippen LogP contribution in [0.2, 0.25) is 0 Å². The van der Waals surface area contributed by atoms with Gasteiger partial charge in [-0.25, -0.2) is 0 Å². The summed E-state index contributed by atoms with van der Waals surface area (Å²) >= 11 is 1.80. The van der Waals surface area contributed by atoms with E-state index in [1.807, 2.05) is 0 Å². The van der Waals surface area contributed by atoms with Gasteiger partial charge < -0.3 is 10.8 Å². The summed E-state index contributed by atoms with van der Waals surface area (Å²) in [5.41, 5.74) is 5.41. The molecule has 2 atom stereocenters. The van der Waals surface area contributed by atoms with Crippen LogP contribution in [-0.4, -0.2) is 28.8 Å². The number of hydrogen-bond donors (Lipinski definition) is 2. The summed E-state index contributed by atoms with van der Waals surface area (Å²) in [4.78, 5) is 0. The lowest BCUT2D eigenvalue weighted by Gasteiger charge is -2.25. The molecule has 4 heteroatoms. The average Bonchev–Trinajstić information content (AvgIpc) is 1.89. The Balaban J connectivity index is 0.000000810. The minimum absolute atomic E-state index is 0. The van der Waals surface area contributed by atoms with Gasteiger partial charge >= 0.3 is 0 Å². The third-order valence-electron chi connectivity index (χ3n) is 1.64. The van der Waals surface area contributed by atoms with Crippen LogP contribution in [0.25, 0.3) is 0 Å². The molecule has 1 aliphatic rings. The van der Waals surface area contributed by atoms with E-state index in [1.165, 1.54) is 5.75 Å². The van der Waals surface area contributed by atoms with E-state index >= 15 is 0 Å². The van der Waals surface area contributed by atoms with Gasteiger partial charge in [-0.15, -0.1) is 12.4 Å². The Morgan fingerprint density at radius 2 is 2.30 bits per heavy atom. The monoisotopic (exact) mass is 183 g/mol. The number of thioether (sulfide) groups is 1. The van der Waals surface area contributed by atoms with E-state index in [0.29, 0.717) is 11.8 Å². The molecule has 0 amide bonds. The summed E-state index contributed by atoms with van der Waals surface area (Å²) in [6.07, 6.45) is 1.94. The van der Waals surface area contributed by atoms with Crippen LogP contribution >= 0.6 is 24.2 Å². The second-order valence-corrected chi connectivity index (χ2v) is 3.70. The first-order valence-corrected chi connectivity index (χ1v) is 4.39. The van der Waals surface area contributed by atoms with E-state index in [1.54, 1.807) is 11.8 Å². The normalized spacial score (nSPS) is 33.0. The molecule has 2 unspecified atom stereocenters. The highest BCUT2D eigenvalue weighted by molar-refractivity contribution is 8.00. The fraction of sp³-hybridized carbons (Fsp3) is 1.00. The highest BCUT2D eigenvalue weighted by Gasteiger charge is 2.21. The molecule has 0 bridgehead atoms. The van der Waals surface area contributed by atoms with Crippen LogP contribution in [0.4, 0.5) is 0 Å². The number of aliphatic hydroxyl groups is 1. The van der Waals surface area contributed by atoms with Gasteiger partial charge in [0.25, 0.3) is 0 Å². The molecule has 0 aromatic carbocycles. The molecule has 0 saturated carbocycles. The lowest BCUT2D eigenvalue weighted by atomic mass is 10.1. The second kappa shape index (κ2) is 5.24. The number of rotatable bonds is 1. The van der Waals surface area contributed by atoms with Crippen LogP contribution < -0.4 is 5.73 Å². The van der Waals surface area contributed by atoms with Crippen LogP contribution in [0.5, 0.6) is 0 Å². The van der Waals surface area contributed by atoms with E-state index in [2.05, 4.69) is 0 Å². The van der Waals surface area contributed by atoms with Crippen LogP contribution in [0, 0.1) is 0 Å². The van der Waals surface area contributed by atoms with Gasteiger partial charge in [-0.3, -0.25) is 0 Å². The van der Waals surface area contributed by atoms with E-state index in [-0.39, 0.29) is 18.5 Å². The summed E-state index contributed by atoms with van der Waals surface area (Å²) in [6, 6.07) is 0. The highest BCUT2D eigenvalue weighted by atomic mass is 35.5. The van der Waals surface area contributed by atoms with Crippen LogP contribution in [0.3, 0.4) is 0 Å². The number of hydrogen-bond acceptors (Lipinski definition) is 3. The zero-order chi connectivity index (χ0) is 6.69. The Morgan fingerprint density at radius 1 is 1.60 bits per heavy atom. The molecule has 1 rings (SSSR count). The molecular formula is C6H14ClNOS. The third kappa shape index (κ3) is 2.66. The molecule has 0 spiro atoms. The lowest BCUT2D eigenvalue weighted by molar-refractivity contribution is 0.158. The van der Waals surface area contributed by atoms with Crippen molar-refractivity contribution in [2.45, 2.75) is 24.2 Å². The fourth-order valence-electron chi connectivity index (χ4n) is 1.05.